The lowest BCUT2D eigenvalue weighted by Crippen LogP contribution is -2.65. The van der Waals surface area contributed by atoms with Gasteiger partial charge in [-0.05, 0) is 60.4 Å². The fourth-order valence-electron chi connectivity index (χ4n) is 6.02. The van der Waals surface area contributed by atoms with Gasteiger partial charge >= 0.3 is 0 Å². The maximum atomic E-state index is 13.2. The van der Waals surface area contributed by atoms with Crippen LogP contribution in [0.15, 0.2) is 46.1 Å². The molecule has 2 atom stereocenters. The molecule has 1 saturated carbocycles. The van der Waals surface area contributed by atoms with E-state index in [1.165, 1.54) is 36.8 Å². The maximum absolute atomic E-state index is 13.2. The van der Waals surface area contributed by atoms with Crippen molar-refractivity contribution in [1.29, 1.82) is 0 Å². The Bertz CT molecular complexity index is 1120. The van der Waals surface area contributed by atoms with Gasteiger partial charge in [-0.3, -0.25) is 4.79 Å². The van der Waals surface area contributed by atoms with Gasteiger partial charge in [-0.25, -0.2) is 13.6 Å². The van der Waals surface area contributed by atoms with Gasteiger partial charge in [-0.15, -0.1) is 0 Å². The first-order valence-electron chi connectivity index (χ1n) is 11.6. The fourth-order valence-corrected chi connectivity index (χ4v) is 6.48. The smallest absolute Gasteiger partial charge is 0.271 e. The van der Waals surface area contributed by atoms with E-state index < -0.39 is 10.0 Å². The molecule has 2 aliphatic carbocycles. The summed E-state index contributed by atoms with van der Waals surface area (Å²) in [5.41, 5.74) is 2.38. The second-order valence-electron chi connectivity index (χ2n) is 10.3. The molecule has 3 N–H and O–H groups in total. The number of carbonyl (C=O) groups is 1. The highest BCUT2D eigenvalue weighted by Gasteiger charge is 2.57. The van der Waals surface area contributed by atoms with Crippen molar-refractivity contribution in [2.75, 3.05) is 6.54 Å². The summed E-state index contributed by atoms with van der Waals surface area (Å²) in [6.45, 7) is 7.82. The number of nitrogens with zero attached hydrogens (tertiary/aromatic N) is 1. The van der Waals surface area contributed by atoms with Gasteiger partial charge in [-0.2, -0.15) is 0 Å². The number of carbonyl (C=O) groups excluding carboxylic acids is 1. The molecular formula is C25H34N2O5S. The number of piperidine rings is 1. The molecule has 1 saturated heterocycles. The van der Waals surface area contributed by atoms with Crippen LogP contribution in [0.5, 0.6) is 5.75 Å². The molecule has 180 valence electrons. The van der Waals surface area contributed by atoms with Crippen LogP contribution in [0.1, 0.15) is 64.0 Å². The molecule has 3 aliphatic rings. The maximum Gasteiger partial charge on any atom is 0.271 e. The Labute approximate surface area is 196 Å². The molecule has 2 fully saturated rings. The average Bonchev–Trinajstić information content (AvgIpc) is 3.45. The van der Waals surface area contributed by atoms with E-state index in [0.29, 0.717) is 11.7 Å². The van der Waals surface area contributed by atoms with Crippen molar-refractivity contribution >= 4 is 15.9 Å². The summed E-state index contributed by atoms with van der Waals surface area (Å²) in [6, 6.07) is 8.87. The van der Waals surface area contributed by atoms with Crippen molar-refractivity contribution in [3.8, 4) is 5.75 Å². The second kappa shape index (κ2) is 8.47. The van der Waals surface area contributed by atoms with Gasteiger partial charge in [0.1, 0.15) is 5.75 Å². The summed E-state index contributed by atoms with van der Waals surface area (Å²) >= 11 is 0. The monoisotopic (exact) mass is 474 g/mol. The number of furan rings is 1. The SMILES string of the molecule is CC12CCN(C(=O)C3CCCC3)[C@H](Cc3c(O)cccc31)C2(C)C.NS(=O)(=O)c1ccco1. The van der Waals surface area contributed by atoms with Gasteiger partial charge in [0.2, 0.25) is 11.0 Å². The first-order valence-corrected chi connectivity index (χ1v) is 13.2. The number of rotatable bonds is 2. The van der Waals surface area contributed by atoms with E-state index in [2.05, 4.69) is 41.3 Å². The predicted octanol–water partition coefficient (Wildman–Crippen LogP) is 3.95. The largest absolute Gasteiger partial charge is 0.508 e. The number of benzene rings is 1. The number of hydrogen-bond acceptors (Lipinski definition) is 5. The third-order valence-corrected chi connectivity index (χ3v) is 9.18. The number of hydrogen-bond donors (Lipinski definition) is 2. The molecule has 2 heterocycles. The molecule has 7 nitrogen and oxygen atoms in total. The van der Waals surface area contributed by atoms with Crippen molar-refractivity contribution in [1.82, 2.24) is 4.90 Å². The summed E-state index contributed by atoms with van der Waals surface area (Å²) in [4.78, 5) is 15.3. The van der Waals surface area contributed by atoms with Crippen LogP contribution in [-0.4, -0.2) is 36.9 Å². The van der Waals surface area contributed by atoms with Crippen LogP contribution in [0.4, 0.5) is 0 Å². The van der Waals surface area contributed by atoms with Gasteiger partial charge in [-0.1, -0.05) is 45.7 Å². The Kier molecular flexibility index (Phi) is 6.12. The lowest BCUT2D eigenvalue weighted by Gasteiger charge is -2.61. The Balaban J connectivity index is 0.000000243. The number of phenolic OH excluding ortho intramolecular Hbond substituents is 1. The molecular weight excluding hydrogens is 440 g/mol. The van der Waals surface area contributed by atoms with Gasteiger partial charge < -0.3 is 14.4 Å². The predicted molar refractivity (Wildman–Crippen MR) is 125 cm³/mol. The van der Waals surface area contributed by atoms with Crippen LogP contribution < -0.4 is 5.14 Å². The minimum atomic E-state index is -3.63. The number of phenols is 1. The van der Waals surface area contributed by atoms with Crippen molar-refractivity contribution in [3.05, 3.63) is 47.7 Å². The summed E-state index contributed by atoms with van der Waals surface area (Å²) in [5.74, 6) is 0.997. The van der Waals surface area contributed by atoms with E-state index in [0.717, 1.165) is 37.8 Å². The standard InChI is InChI=1S/C21H29NO2.C4H5NO3S/c1-20(2)18-13-15-16(9-6-10-17(15)23)21(20,3)11-12-22(18)19(24)14-7-4-5-8-14;5-9(6,7)4-2-1-3-8-4/h6,9-10,14,18,23H,4-5,7-8,11-13H2,1-3H3;1-3H,(H2,5,6,7)/t18-,21?;/m1./s1. The Morgan fingerprint density at radius 2 is 1.85 bits per heavy atom. The Hall–Kier alpha value is -2.32. The van der Waals surface area contributed by atoms with Crippen LogP contribution >= 0.6 is 0 Å². The zero-order valence-electron chi connectivity index (χ0n) is 19.6. The first-order chi connectivity index (χ1) is 15.5. The zero-order chi connectivity index (χ0) is 24.0. The summed E-state index contributed by atoms with van der Waals surface area (Å²) in [5, 5.41) is 14.9. The Morgan fingerprint density at radius 1 is 1.15 bits per heavy atom. The zero-order valence-corrected chi connectivity index (χ0v) is 20.4. The van der Waals surface area contributed by atoms with Crippen molar-refractivity contribution in [2.24, 2.45) is 16.5 Å². The molecule has 1 amide bonds. The lowest BCUT2D eigenvalue weighted by atomic mass is 9.51. The number of primary sulfonamides is 1. The summed E-state index contributed by atoms with van der Waals surface area (Å²) in [7, 11) is -3.63. The molecule has 1 aromatic heterocycles. The molecule has 33 heavy (non-hydrogen) atoms. The van der Waals surface area contributed by atoms with Gasteiger partial charge in [0, 0.05) is 23.9 Å². The second-order valence-corrected chi connectivity index (χ2v) is 11.8. The molecule has 8 heteroatoms. The highest BCUT2D eigenvalue weighted by molar-refractivity contribution is 7.89. The molecule has 1 unspecified atom stereocenters. The molecule has 0 radical (unpaired) electrons. The summed E-state index contributed by atoms with van der Waals surface area (Å²) < 4.78 is 25.2. The van der Waals surface area contributed by atoms with E-state index in [-0.39, 0.29) is 27.9 Å². The van der Waals surface area contributed by atoms with E-state index in [9.17, 15) is 18.3 Å². The lowest BCUT2D eigenvalue weighted by molar-refractivity contribution is -0.148. The first kappa shape index (κ1) is 23.8. The van der Waals surface area contributed by atoms with Gasteiger partial charge in [0.05, 0.1) is 6.26 Å². The third-order valence-electron chi connectivity index (χ3n) is 8.39. The number of fused-ring (bicyclic) bond motifs is 4. The molecule has 2 aromatic rings. The molecule has 5 rings (SSSR count). The van der Waals surface area contributed by atoms with E-state index in [1.54, 1.807) is 6.07 Å². The van der Waals surface area contributed by atoms with Crippen molar-refractivity contribution < 1.29 is 22.7 Å². The van der Waals surface area contributed by atoms with Gasteiger partial charge in [0.15, 0.2) is 0 Å². The molecule has 1 aromatic carbocycles. The van der Waals surface area contributed by atoms with E-state index >= 15 is 0 Å². The van der Waals surface area contributed by atoms with Crippen LogP contribution in [0, 0.1) is 11.3 Å². The minimum Gasteiger partial charge on any atom is -0.508 e. The molecule has 1 aliphatic heterocycles. The quantitative estimate of drug-likeness (QED) is 0.684. The van der Waals surface area contributed by atoms with E-state index in [4.69, 9.17) is 0 Å². The normalized spacial score (nSPS) is 26.3. The number of sulfonamides is 1. The van der Waals surface area contributed by atoms with Crippen LogP contribution in [0.3, 0.4) is 0 Å². The number of likely N-dealkylation sites (tertiary alicyclic amines) is 1. The fraction of sp³-hybridized carbons (Fsp3) is 0.560. The highest BCUT2D eigenvalue weighted by atomic mass is 32.2. The van der Waals surface area contributed by atoms with Crippen molar-refractivity contribution in [3.63, 3.8) is 0 Å². The van der Waals surface area contributed by atoms with Crippen LogP contribution in [0.2, 0.25) is 0 Å². The number of amides is 1. The minimum absolute atomic E-state index is 0.0104. The Morgan fingerprint density at radius 3 is 2.42 bits per heavy atom. The third kappa shape index (κ3) is 4.08. The topological polar surface area (TPSA) is 114 Å². The molecule has 0 spiro atoms. The highest BCUT2D eigenvalue weighted by Crippen LogP contribution is 2.57. The molecule has 2 bridgehead atoms. The summed E-state index contributed by atoms with van der Waals surface area (Å²) in [6.07, 6.45) is 7.51. The van der Waals surface area contributed by atoms with Crippen LogP contribution in [0.25, 0.3) is 0 Å². The van der Waals surface area contributed by atoms with E-state index in [1.807, 2.05) is 6.07 Å². The average molecular weight is 475 g/mol. The van der Waals surface area contributed by atoms with Crippen molar-refractivity contribution in [2.45, 2.75) is 75.8 Å². The van der Waals surface area contributed by atoms with Gasteiger partial charge in [0.25, 0.3) is 10.0 Å². The number of nitrogens with two attached hydrogens (primary N) is 1. The number of aromatic hydroxyl groups is 1. The van der Waals surface area contributed by atoms with Crippen LogP contribution in [-0.2, 0) is 26.7 Å².